The van der Waals surface area contributed by atoms with E-state index in [0.717, 1.165) is 11.3 Å². The lowest BCUT2D eigenvalue weighted by atomic mass is 10.0. The zero-order valence-corrected chi connectivity index (χ0v) is 17.7. The summed E-state index contributed by atoms with van der Waals surface area (Å²) in [6, 6.07) is 22.9. The van der Waals surface area contributed by atoms with Crippen LogP contribution in [0.3, 0.4) is 0 Å². The van der Waals surface area contributed by atoms with E-state index in [1.807, 2.05) is 54.6 Å². The van der Waals surface area contributed by atoms with Crippen LogP contribution in [0.25, 0.3) is 11.5 Å². The van der Waals surface area contributed by atoms with Crippen molar-refractivity contribution in [2.75, 3.05) is 17.3 Å². The number of rotatable bonds is 5. The van der Waals surface area contributed by atoms with Crippen LogP contribution in [0.1, 0.15) is 11.6 Å². The van der Waals surface area contributed by atoms with Crippen LogP contribution in [0.2, 0.25) is 0 Å². The topological polar surface area (TPSA) is 68.5 Å². The summed E-state index contributed by atoms with van der Waals surface area (Å²) in [5.41, 5.74) is 2.34. The summed E-state index contributed by atoms with van der Waals surface area (Å²) in [4.78, 5) is 15.1. The van der Waals surface area contributed by atoms with Gasteiger partial charge in [0.05, 0.1) is 17.5 Å². The van der Waals surface area contributed by atoms with Gasteiger partial charge in [0.1, 0.15) is 18.2 Å². The van der Waals surface area contributed by atoms with E-state index in [4.69, 9.17) is 9.15 Å². The Balaban J connectivity index is 1.36. The summed E-state index contributed by atoms with van der Waals surface area (Å²) in [5, 5.41) is 8.28. The number of hydrogen-bond donors (Lipinski definition) is 0. The number of benzene rings is 3. The molecule has 160 valence electrons. The summed E-state index contributed by atoms with van der Waals surface area (Å²) in [6.07, 6.45) is 0. The zero-order valence-electron chi connectivity index (χ0n) is 16.8. The van der Waals surface area contributed by atoms with E-state index in [-0.39, 0.29) is 34.6 Å². The van der Waals surface area contributed by atoms with Crippen LogP contribution >= 0.6 is 11.8 Å². The number of para-hydroxylation sites is 2. The number of thioether (sulfide) groups is 1. The van der Waals surface area contributed by atoms with Gasteiger partial charge in [-0.3, -0.25) is 9.69 Å². The third-order valence-corrected chi connectivity index (χ3v) is 5.91. The number of ether oxygens (including phenoxy) is 1. The van der Waals surface area contributed by atoms with E-state index in [9.17, 15) is 9.18 Å². The van der Waals surface area contributed by atoms with Gasteiger partial charge in [0.25, 0.3) is 5.22 Å². The fraction of sp³-hybridized carbons (Fsp3) is 0.125. The first-order valence-electron chi connectivity index (χ1n) is 10.00. The summed E-state index contributed by atoms with van der Waals surface area (Å²) in [5.74, 6) is 0.629. The molecule has 0 aliphatic carbocycles. The Labute approximate surface area is 188 Å². The number of fused-ring (bicyclic) bond motifs is 1. The maximum absolute atomic E-state index is 13.4. The summed E-state index contributed by atoms with van der Waals surface area (Å²) in [6.45, 7) is 0.368. The number of halogens is 1. The number of aromatic nitrogens is 2. The van der Waals surface area contributed by atoms with Crippen molar-refractivity contribution >= 4 is 23.4 Å². The minimum absolute atomic E-state index is 0.0962. The van der Waals surface area contributed by atoms with Gasteiger partial charge in [-0.25, -0.2) is 4.39 Å². The number of carbonyl (C=O) groups excluding carboxylic acids is 1. The van der Waals surface area contributed by atoms with Crippen LogP contribution < -0.4 is 9.64 Å². The second-order valence-electron chi connectivity index (χ2n) is 7.14. The molecule has 0 radical (unpaired) electrons. The Morgan fingerprint density at radius 2 is 1.75 bits per heavy atom. The lowest BCUT2D eigenvalue weighted by Gasteiger charge is -2.37. The number of carbonyl (C=O) groups is 1. The monoisotopic (exact) mass is 447 g/mol. The molecule has 1 atom stereocenters. The molecule has 0 bridgehead atoms. The molecule has 0 spiro atoms. The number of anilines is 1. The van der Waals surface area contributed by atoms with Crippen molar-refractivity contribution in [1.29, 1.82) is 0 Å². The van der Waals surface area contributed by atoms with Crippen LogP contribution in [-0.4, -0.2) is 28.5 Å². The van der Waals surface area contributed by atoms with E-state index in [0.29, 0.717) is 17.9 Å². The van der Waals surface area contributed by atoms with Crippen molar-refractivity contribution in [2.24, 2.45) is 0 Å². The van der Waals surface area contributed by atoms with Crippen LogP contribution in [0.5, 0.6) is 5.75 Å². The average Bonchev–Trinajstić information content (AvgIpc) is 3.32. The minimum atomic E-state index is -0.341. The Morgan fingerprint density at radius 1 is 1.00 bits per heavy atom. The molecule has 8 heteroatoms. The van der Waals surface area contributed by atoms with Gasteiger partial charge in [0, 0.05) is 5.56 Å². The first-order valence-corrected chi connectivity index (χ1v) is 11.0. The first kappa shape index (κ1) is 20.3. The highest BCUT2D eigenvalue weighted by atomic mass is 32.2. The molecule has 4 aromatic rings. The van der Waals surface area contributed by atoms with Gasteiger partial charge in [-0.1, -0.05) is 54.2 Å². The molecule has 1 aliphatic rings. The standard InChI is InChI=1S/C24H18FN3O3S/c25-18-12-10-17(11-13-18)23-26-27-24(31-23)32-15-22(29)28-19-8-4-5-9-21(19)30-14-20(28)16-6-2-1-3-7-16/h1-13,20H,14-15H2. The Morgan fingerprint density at radius 3 is 2.56 bits per heavy atom. The predicted molar refractivity (Wildman–Crippen MR) is 119 cm³/mol. The van der Waals surface area contributed by atoms with Crippen LogP contribution in [0.15, 0.2) is 88.5 Å². The van der Waals surface area contributed by atoms with E-state index in [1.165, 1.54) is 23.9 Å². The molecular formula is C24H18FN3O3S. The Bertz CT molecular complexity index is 1230. The lowest BCUT2D eigenvalue weighted by molar-refractivity contribution is -0.117. The highest BCUT2D eigenvalue weighted by Gasteiger charge is 2.33. The Kier molecular flexibility index (Phi) is 5.60. The molecule has 3 aromatic carbocycles. The van der Waals surface area contributed by atoms with Gasteiger partial charge in [0.2, 0.25) is 11.8 Å². The maximum Gasteiger partial charge on any atom is 0.277 e. The fourth-order valence-corrected chi connectivity index (χ4v) is 4.21. The molecule has 0 N–H and O–H groups in total. The third-order valence-electron chi connectivity index (χ3n) is 5.10. The normalized spacial score (nSPS) is 15.2. The van der Waals surface area contributed by atoms with Gasteiger partial charge in [-0.2, -0.15) is 0 Å². The summed E-state index contributed by atoms with van der Waals surface area (Å²) < 4.78 is 24.7. The van der Waals surface area contributed by atoms with Crippen molar-refractivity contribution in [3.63, 3.8) is 0 Å². The SMILES string of the molecule is O=C(CSc1nnc(-c2ccc(F)cc2)o1)N1c2ccccc2OCC1c1ccccc1. The van der Waals surface area contributed by atoms with Gasteiger partial charge in [-0.05, 0) is 42.0 Å². The summed E-state index contributed by atoms with van der Waals surface area (Å²) >= 11 is 1.17. The smallest absolute Gasteiger partial charge is 0.277 e. The maximum atomic E-state index is 13.4. The quantitative estimate of drug-likeness (QED) is 0.395. The average molecular weight is 447 g/mol. The van der Waals surface area contributed by atoms with Gasteiger partial charge < -0.3 is 9.15 Å². The first-order chi connectivity index (χ1) is 15.7. The van der Waals surface area contributed by atoms with Gasteiger partial charge in [-0.15, -0.1) is 10.2 Å². The van der Waals surface area contributed by atoms with Crippen LogP contribution in [0.4, 0.5) is 10.1 Å². The second kappa shape index (κ2) is 8.84. The molecule has 2 heterocycles. The zero-order chi connectivity index (χ0) is 21.9. The molecule has 32 heavy (non-hydrogen) atoms. The van der Waals surface area contributed by atoms with Crippen molar-refractivity contribution < 1.29 is 18.3 Å². The van der Waals surface area contributed by atoms with Crippen molar-refractivity contribution in [3.05, 3.63) is 90.2 Å². The molecule has 1 unspecified atom stereocenters. The predicted octanol–water partition coefficient (Wildman–Crippen LogP) is 5.13. The molecule has 6 nitrogen and oxygen atoms in total. The summed E-state index contributed by atoms with van der Waals surface area (Å²) in [7, 11) is 0. The van der Waals surface area contributed by atoms with Crippen LogP contribution in [0, 0.1) is 5.82 Å². The minimum Gasteiger partial charge on any atom is -0.489 e. The number of hydrogen-bond acceptors (Lipinski definition) is 6. The van der Waals surface area contributed by atoms with Crippen molar-refractivity contribution in [3.8, 4) is 17.2 Å². The van der Waals surface area contributed by atoms with Gasteiger partial charge in [0.15, 0.2) is 0 Å². The molecular weight excluding hydrogens is 429 g/mol. The van der Waals surface area contributed by atoms with Crippen LogP contribution in [-0.2, 0) is 4.79 Å². The largest absolute Gasteiger partial charge is 0.489 e. The number of amides is 1. The molecule has 0 saturated carbocycles. The van der Waals surface area contributed by atoms with E-state index in [1.54, 1.807) is 17.0 Å². The van der Waals surface area contributed by atoms with E-state index >= 15 is 0 Å². The van der Waals surface area contributed by atoms with Crippen molar-refractivity contribution in [1.82, 2.24) is 10.2 Å². The molecule has 1 aliphatic heterocycles. The second-order valence-corrected chi connectivity index (χ2v) is 8.06. The molecule has 1 aromatic heterocycles. The fourth-order valence-electron chi connectivity index (χ4n) is 3.59. The van der Waals surface area contributed by atoms with Gasteiger partial charge >= 0.3 is 0 Å². The Hall–Kier alpha value is -3.65. The van der Waals surface area contributed by atoms with E-state index in [2.05, 4.69) is 10.2 Å². The molecule has 1 amide bonds. The molecule has 5 rings (SSSR count). The highest BCUT2D eigenvalue weighted by Crippen LogP contribution is 2.39. The highest BCUT2D eigenvalue weighted by molar-refractivity contribution is 7.99. The number of nitrogens with zero attached hydrogens (tertiary/aromatic N) is 3. The lowest BCUT2D eigenvalue weighted by Crippen LogP contribution is -2.42. The van der Waals surface area contributed by atoms with Crippen molar-refractivity contribution in [2.45, 2.75) is 11.3 Å². The molecule has 0 fully saturated rings. The molecule has 0 saturated heterocycles. The third kappa shape index (κ3) is 4.09. The van der Waals surface area contributed by atoms with E-state index < -0.39 is 0 Å².